The van der Waals surface area contributed by atoms with Crippen molar-refractivity contribution in [2.75, 3.05) is 13.1 Å². The second kappa shape index (κ2) is 6.91. The van der Waals surface area contributed by atoms with Gasteiger partial charge in [-0.1, -0.05) is 18.2 Å². The van der Waals surface area contributed by atoms with Gasteiger partial charge in [0.1, 0.15) is 11.1 Å². The van der Waals surface area contributed by atoms with Crippen LogP contribution < -0.4 is 5.32 Å². The lowest BCUT2D eigenvalue weighted by molar-refractivity contribution is 0.0177. The summed E-state index contributed by atoms with van der Waals surface area (Å²) >= 11 is 0. The molecule has 24 heavy (non-hydrogen) atoms. The molecule has 1 aromatic rings. The zero-order chi connectivity index (χ0) is 17.8. The highest BCUT2D eigenvalue weighted by molar-refractivity contribution is 5.94. The topological polar surface area (TPSA) is 82.4 Å². The molecular weight excluding hydrogens is 306 g/mol. The molecule has 1 aliphatic rings. The minimum atomic E-state index is -0.953. The maximum Gasteiger partial charge on any atom is 0.410 e. The number of nitriles is 1. The molecule has 0 radical (unpaired) electrons. The van der Waals surface area contributed by atoms with E-state index in [9.17, 15) is 14.9 Å². The van der Waals surface area contributed by atoms with E-state index < -0.39 is 11.1 Å². The van der Waals surface area contributed by atoms with Crippen molar-refractivity contribution in [3.63, 3.8) is 0 Å². The molecule has 0 saturated carbocycles. The number of nitrogens with zero attached hydrogens (tertiary/aromatic N) is 2. The lowest BCUT2D eigenvalue weighted by atomic mass is 9.88. The lowest BCUT2D eigenvalue weighted by Gasteiger charge is -2.38. The van der Waals surface area contributed by atoms with Crippen molar-refractivity contribution < 1.29 is 14.3 Å². The molecule has 1 aliphatic heterocycles. The maximum atomic E-state index is 12.3. The van der Waals surface area contributed by atoms with Crippen LogP contribution >= 0.6 is 0 Å². The van der Waals surface area contributed by atoms with Crippen LogP contribution in [0.3, 0.4) is 0 Å². The first kappa shape index (κ1) is 17.8. The third-order valence-corrected chi connectivity index (χ3v) is 3.87. The van der Waals surface area contributed by atoms with E-state index in [1.54, 1.807) is 29.2 Å². The van der Waals surface area contributed by atoms with Gasteiger partial charge in [0.05, 0.1) is 6.07 Å². The summed E-state index contributed by atoms with van der Waals surface area (Å²) in [7, 11) is 0. The molecule has 2 rings (SSSR count). The van der Waals surface area contributed by atoms with Crippen molar-refractivity contribution >= 4 is 12.0 Å². The summed E-state index contributed by atoms with van der Waals surface area (Å²) in [4.78, 5) is 26.0. The summed E-state index contributed by atoms with van der Waals surface area (Å²) in [6.45, 7) is 6.19. The van der Waals surface area contributed by atoms with Crippen molar-refractivity contribution in [1.29, 1.82) is 5.26 Å². The molecule has 0 unspecified atom stereocenters. The molecule has 1 N–H and O–H groups in total. The number of piperidine rings is 1. The van der Waals surface area contributed by atoms with E-state index in [0.717, 1.165) is 0 Å². The van der Waals surface area contributed by atoms with Gasteiger partial charge in [0.15, 0.2) is 0 Å². The number of carbonyl (C=O) groups excluding carboxylic acids is 2. The van der Waals surface area contributed by atoms with Gasteiger partial charge in [-0.3, -0.25) is 4.79 Å². The normalized spacial score (nSPS) is 16.8. The molecule has 2 amide bonds. The summed E-state index contributed by atoms with van der Waals surface area (Å²) in [6.07, 6.45) is 0.367. The van der Waals surface area contributed by atoms with Gasteiger partial charge in [0.2, 0.25) is 0 Å². The Morgan fingerprint density at radius 2 is 1.79 bits per heavy atom. The van der Waals surface area contributed by atoms with Gasteiger partial charge in [-0.15, -0.1) is 0 Å². The van der Waals surface area contributed by atoms with Crippen LogP contribution in [0.25, 0.3) is 0 Å². The Balaban J connectivity index is 1.98. The molecule has 0 aliphatic carbocycles. The number of hydrogen-bond donors (Lipinski definition) is 1. The van der Waals surface area contributed by atoms with Crippen LogP contribution in [-0.4, -0.2) is 41.1 Å². The lowest BCUT2D eigenvalue weighted by Crippen LogP contribution is -2.55. The van der Waals surface area contributed by atoms with Gasteiger partial charge in [0, 0.05) is 31.5 Å². The van der Waals surface area contributed by atoms with Gasteiger partial charge < -0.3 is 15.0 Å². The molecule has 1 fully saturated rings. The van der Waals surface area contributed by atoms with Crippen molar-refractivity contribution in [1.82, 2.24) is 10.2 Å². The summed E-state index contributed by atoms with van der Waals surface area (Å²) in [6, 6.07) is 11.0. The van der Waals surface area contributed by atoms with Crippen LogP contribution in [0.15, 0.2) is 30.3 Å². The predicted octanol–water partition coefficient (Wildman–Crippen LogP) is 2.71. The predicted molar refractivity (Wildman–Crippen MR) is 89.3 cm³/mol. The highest BCUT2D eigenvalue weighted by Crippen LogP contribution is 2.24. The summed E-state index contributed by atoms with van der Waals surface area (Å²) in [5.74, 6) is -0.275. The van der Waals surface area contributed by atoms with Gasteiger partial charge in [-0.2, -0.15) is 5.26 Å². The fourth-order valence-electron chi connectivity index (χ4n) is 2.54. The van der Waals surface area contributed by atoms with Crippen molar-refractivity contribution in [2.24, 2.45) is 0 Å². The Kier molecular flexibility index (Phi) is 5.13. The molecule has 1 aromatic carbocycles. The quantitative estimate of drug-likeness (QED) is 0.904. The summed E-state index contributed by atoms with van der Waals surface area (Å²) in [5, 5.41) is 12.4. The summed E-state index contributed by atoms with van der Waals surface area (Å²) in [5.41, 5.74) is -0.991. The number of benzene rings is 1. The molecule has 1 saturated heterocycles. The zero-order valence-corrected chi connectivity index (χ0v) is 14.3. The molecular formula is C18H23N3O3. The Morgan fingerprint density at radius 1 is 1.21 bits per heavy atom. The van der Waals surface area contributed by atoms with E-state index in [1.165, 1.54) is 0 Å². The van der Waals surface area contributed by atoms with E-state index in [1.807, 2.05) is 26.8 Å². The first-order valence-corrected chi connectivity index (χ1v) is 8.01. The average Bonchev–Trinajstić information content (AvgIpc) is 2.54. The van der Waals surface area contributed by atoms with E-state index in [-0.39, 0.29) is 12.0 Å². The third kappa shape index (κ3) is 4.48. The molecule has 0 bridgehead atoms. The molecule has 0 aromatic heterocycles. The highest BCUT2D eigenvalue weighted by Gasteiger charge is 2.38. The Bertz CT molecular complexity index is 636. The van der Waals surface area contributed by atoms with E-state index in [4.69, 9.17) is 4.74 Å². The van der Waals surface area contributed by atoms with Gasteiger partial charge >= 0.3 is 6.09 Å². The van der Waals surface area contributed by atoms with Gasteiger partial charge in [-0.25, -0.2) is 4.79 Å². The van der Waals surface area contributed by atoms with Gasteiger partial charge in [-0.05, 0) is 32.9 Å². The maximum absolute atomic E-state index is 12.3. The van der Waals surface area contributed by atoms with Crippen molar-refractivity contribution in [3.05, 3.63) is 35.9 Å². The number of amides is 2. The van der Waals surface area contributed by atoms with Crippen LogP contribution in [0.1, 0.15) is 44.0 Å². The average molecular weight is 329 g/mol. The van der Waals surface area contributed by atoms with E-state index >= 15 is 0 Å². The third-order valence-electron chi connectivity index (χ3n) is 3.87. The highest BCUT2D eigenvalue weighted by atomic mass is 16.6. The molecule has 128 valence electrons. The minimum absolute atomic E-state index is 0.275. The number of nitrogens with one attached hydrogen (secondary N) is 1. The number of carbonyl (C=O) groups is 2. The van der Waals surface area contributed by atoms with Crippen molar-refractivity contribution in [3.8, 4) is 6.07 Å². The SMILES string of the molecule is CC(C)(C)OC(=O)N1CCC(C#N)(NC(=O)c2ccccc2)CC1. The second-order valence-corrected chi connectivity index (χ2v) is 6.98. The molecule has 6 heteroatoms. The Hall–Kier alpha value is -2.55. The van der Waals surface area contributed by atoms with Crippen LogP contribution in [0.4, 0.5) is 4.79 Å². The number of likely N-dealkylation sites (tertiary alicyclic amines) is 1. The number of hydrogen-bond acceptors (Lipinski definition) is 4. The monoisotopic (exact) mass is 329 g/mol. The van der Waals surface area contributed by atoms with Crippen LogP contribution in [-0.2, 0) is 4.74 Å². The van der Waals surface area contributed by atoms with Crippen LogP contribution in [0.2, 0.25) is 0 Å². The number of rotatable bonds is 2. The second-order valence-electron chi connectivity index (χ2n) is 6.98. The molecule has 0 atom stereocenters. The first-order chi connectivity index (χ1) is 11.2. The summed E-state index contributed by atoms with van der Waals surface area (Å²) < 4.78 is 5.35. The van der Waals surface area contributed by atoms with E-state index in [2.05, 4.69) is 11.4 Å². The largest absolute Gasteiger partial charge is 0.444 e. The number of ether oxygens (including phenoxy) is 1. The zero-order valence-electron chi connectivity index (χ0n) is 14.3. The van der Waals surface area contributed by atoms with Crippen LogP contribution in [0.5, 0.6) is 0 Å². The smallest absolute Gasteiger partial charge is 0.410 e. The van der Waals surface area contributed by atoms with Gasteiger partial charge in [0.25, 0.3) is 5.91 Å². The fourth-order valence-corrected chi connectivity index (χ4v) is 2.54. The van der Waals surface area contributed by atoms with Crippen molar-refractivity contribution in [2.45, 2.75) is 44.8 Å². The Morgan fingerprint density at radius 3 is 2.29 bits per heavy atom. The van der Waals surface area contributed by atoms with Crippen LogP contribution in [0, 0.1) is 11.3 Å². The van der Waals surface area contributed by atoms with E-state index in [0.29, 0.717) is 31.5 Å². The first-order valence-electron chi connectivity index (χ1n) is 8.01. The standard InChI is InChI=1S/C18H23N3O3/c1-17(2,3)24-16(23)21-11-9-18(13-19,10-12-21)20-15(22)14-7-5-4-6-8-14/h4-8H,9-12H2,1-3H3,(H,20,22). The minimum Gasteiger partial charge on any atom is -0.444 e. The molecule has 6 nitrogen and oxygen atoms in total. The molecule has 1 heterocycles. The molecule has 0 spiro atoms. The fraction of sp³-hybridized carbons (Fsp3) is 0.500. The Labute approximate surface area is 142 Å².